The number of aromatic nitrogens is 2. The van der Waals surface area contributed by atoms with Gasteiger partial charge in [-0.3, -0.25) is 0 Å². The first kappa shape index (κ1) is 30.4. The molecule has 0 saturated carbocycles. The van der Waals surface area contributed by atoms with Gasteiger partial charge in [-0.15, -0.1) is 0 Å². The van der Waals surface area contributed by atoms with Crippen molar-refractivity contribution in [1.82, 2.24) is 14.5 Å². The van der Waals surface area contributed by atoms with Crippen molar-refractivity contribution in [3.8, 4) is 5.88 Å². The molecule has 4 aromatic carbocycles. The highest BCUT2D eigenvalue weighted by Gasteiger charge is 2.41. The Kier molecular flexibility index (Phi) is 7.79. The summed E-state index contributed by atoms with van der Waals surface area (Å²) in [4.78, 5) is 14.6. The van der Waals surface area contributed by atoms with Gasteiger partial charge in [0, 0.05) is 12.1 Å². The lowest BCUT2D eigenvalue weighted by molar-refractivity contribution is 0.196. The average Bonchev–Trinajstić information content (AvgIpc) is 3.89. The number of carbonyl (C=O) groups is 1. The van der Waals surface area contributed by atoms with Crippen LogP contribution in [-0.4, -0.2) is 26.6 Å². The summed E-state index contributed by atoms with van der Waals surface area (Å²) in [5.41, 5.74) is 7.05. The number of amides is 2. The number of anilines is 1. The number of hydrogen-bond acceptors (Lipinski definition) is 5. The maximum absolute atomic E-state index is 16.0. The van der Waals surface area contributed by atoms with Crippen LogP contribution in [0.4, 0.5) is 10.5 Å². The van der Waals surface area contributed by atoms with E-state index in [9.17, 15) is 4.79 Å². The number of ether oxygens (including phenoxy) is 1. The van der Waals surface area contributed by atoms with E-state index in [0.717, 1.165) is 67.3 Å². The first-order chi connectivity index (χ1) is 23.5. The Morgan fingerprint density at radius 3 is 1.94 bits per heavy atom. The van der Waals surface area contributed by atoms with Crippen molar-refractivity contribution in [3.05, 3.63) is 142 Å². The standard InChI is InChI=1S/C39H39N5O3S/c1-27-23-24-47-37-35(26-40-44(27)37)48(46,42-38(45)41-36-33-21-11-13-28(33)25-29-14-12-22-34(29)36)43-39(30-15-5-2-6-16-30,31-17-7-3-8-18-31)32-19-9-4-10-20-32/h2-10,15-20,25-27H,11-14,21-24H2,1H3,(H2,41,42,43,45,46)/t27-,48+/m0/s1. The van der Waals surface area contributed by atoms with Crippen molar-refractivity contribution in [3.63, 3.8) is 0 Å². The van der Waals surface area contributed by atoms with Crippen molar-refractivity contribution in [2.24, 2.45) is 4.36 Å². The molecule has 0 bridgehead atoms. The predicted octanol–water partition coefficient (Wildman–Crippen LogP) is 7.76. The second-order valence-corrected chi connectivity index (χ2v) is 14.8. The molecule has 2 atom stereocenters. The smallest absolute Gasteiger partial charge is 0.331 e. The fourth-order valence-corrected chi connectivity index (χ4v) is 9.51. The van der Waals surface area contributed by atoms with E-state index in [4.69, 9.17) is 9.10 Å². The van der Waals surface area contributed by atoms with Gasteiger partial charge in [-0.05, 0) is 84.4 Å². The zero-order valence-corrected chi connectivity index (χ0v) is 27.8. The fraction of sp³-hybridized carbons (Fsp3) is 0.282. The topological polar surface area (TPSA) is 97.6 Å². The van der Waals surface area contributed by atoms with Gasteiger partial charge in [-0.2, -0.15) is 9.46 Å². The highest BCUT2D eigenvalue weighted by Crippen LogP contribution is 2.44. The molecule has 2 aliphatic carbocycles. The van der Waals surface area contributed by atoms with Crippen molar-refractivity contribution < 1.29 is 13.7 Å². The summed E-state index contributed by atoms with van der Waals surface area (Å²) in [6, 6.07) is 31.3. The van der Waals surface area contributed by atoms with Crippen LogP contribution < -0.4 is 14.8 Å². The molecule has 5 aromatic rings. The van der Waals surface area contributed by atoms with Crippen LogP contribution >= 0.6 is 0 Å². The molecule has 9 heteroatoms. The van der Waals surface area contributed by atoms with Crippen LogP contribution in [0.2, 0.25) is 0 Å². The molecule has 0 spiro atoms. The average molecular weight is 658 g/mol. The minimum atomic E-state index is -3.78. The van der Waals surface area contributed by atoms with E-state index in [2.05, 4.69) is 28.1 Å². The minimum Gasteiger partial charge on any atom is -0.477 e. The third kappa shape index (κ3) is 5.17. The molecule has 2 heterocycles. The van der Waals surface area contributed by atoms with Crippen LogP contribution in [0.25, 0.3) is 0 Å². The molecular formula is C39H39N5O3S. The Hall–Kier alpha value is -4.89. The summed E-state index contributed by atoms with van der Waals surface area (Å²) in [5, 5.41) is 7.82. The number of carbonyl (C=O) groups excluding carboxylic acids is 1. The van der Waals surface area contributed by atoms with Crippen LogP contribution in [0.5, 0.6) is 5.88 Å². The number of urea groups is 1. The number of benzene rings is 4. The summed E-state index contributed by atoms with van der Waals surface area (Å²) in [6.45, 7) is 2.51. The van der Waals surface area contributed by atoms with Crippen LogP contribution in [0.15, 0.2) is 113 Å². The number of aryl methyl sites for hydroxylation is 2. The third-order valence-electron chi connectivity index (χ3n) is 9.99. The quantitative estimate of drug-likeness (QED) is 0.175. The molecule has 0 fully saturated rings. The van der Waals surface area contributed by atoms with Gasteiger partial charge in [0.15, 0.2) is 9.92 Å². The van der Waals surface area contributed by atoms with Gasteiger partial charge in [-0.1, -0.05) is 97.1 Å². The first-order valence-corrected chi connectivity index (χ1v) is 18.4. The van der Waals surface area contributed by atoms with Crippen LogP contribution in [0.3, 0.4) is 0 Å². The number of nitrogens with one attached hydrogen (secondary N) is 2. The van der Waals surface area contributed by atoms with E-state index >= 15 is 4.21 Å². The lowest BCUT2D eigenvalue weighted by Crippen LogP contribution is -2.38. The lowest BCUT2D eigenvalue weighted by Gasteiger charge is -2.33. The molecule has 3 aliphatic rings. The highest BCUT2D eigenvalue weighted by atomic mass is 32.2. The molecule has 0 saturated heterocycles. The SMILES string of the molecule is C[C@H]1CCOc2c([S@](=O)(=NC(c3ccccc3)(c3ccccc3)c3ccccc3)NC(=O)Nc3c4c(cc5c3CCC5)CCC4)cnn21. The first-order valence-electron chi connectivity index (χ1n) is 16.9. The monoisotopic (exact) mass is 657 g/mol. The molecule has 244 valence electrons. The van der Waals surface area contributed by atoms with E-state index in [1.54, 1.807) is 10.9 Å². The van der Waals surface area contributed by atoms with Gasteiger partial charge in [0.2, 0.25) is 5.88 Å². The zero-order chi connectivity index (χ0) is 32.7. The van der Waals surface area contributed by atoms with E-state index in [1.165, 1.54) is 22.3 Å². The number of nitrogens with zero attached hydrogens (tertiary/aromatic N) is 3. The predicted molar refractivity (Wildman–Crippen MR) is 188 cm³/mol. The number of hydrogen-bond donors (Lipinski definition) is 2. The van der Waals surface area contributed by atoms with Gasteiger partial charge in [0.1, 0.15) is 10.4 Å². The summed E-state index contributed by atoms with van der Waals surface area (Å²) in [5.74, 6) is 0.368. The minimum absolute atomic E-state index is 0.0385. The van der Waals surface area contributed by atoms with Gasteiger partial charge in [0.25, 0.3) is 0 Å². The van der Waals surface area contributed by atoms with Gasteiger partial charge < -0.3 is 10.1 Å². The molecule has 48 heavy (non-hydrogen) atoms. The van der Waals surface area contributed by atoms with Crippen LogP contribution in [-0.2, 0) is 41.1 Å². The van der Waals surface area contributed by atoms with Gasteiger partial charge in [0.05, 0.1) is 18.8 Å². The highest BCUT2D eigenvalue weighted by molar-refractivity contribution is 7.92. The van der Waals surface area contributed by atoms with Crippen LogP contribution in [0, 0.1) is 0 Å². The third-order valence-corrected chi connectivity index (χ3v) is 11.9. The maximum Gasteiger partial charge on any atom is 0.331 e. The molecule has 8 rings (SSSR count). The Morgan fingerprint density at radius 1 is 0.854 bits per heavy atom. The van der Waals surface area contributed by atoms with E-state index in [0.29, 0.717) is 12.5 Å². The maximum atomic E-state index is 16.0. The number of fused-ring (bicyclic) bond motifs is 3. The van der Waals surface area contributed by atoms with E-state index in [-0.39, 0.29) is 10.9 Å². The van der Waals surface area contributed by atoms with Crippen molar-refractivity contribution in [2.45, 2.75) is 68.3 Å². The lowest BCUT2D eigenvalue weighted by atomic mass is 9.78. The van der Waals surface area contributed by atoms with Gasteiger partial charge in [-0.25, -0.2) is 18.4 Å². The number of rotatable bonds is 7. The van der Waals surface area contributed by atoms with E-state index < -0.39 is 21.5 Å². The molecule has 0 radical (unpaired) electrons. The molecule has 0 unspecified atom stereocenters. The van der Waals surface area contributed by atoms with Crippen molar-refractivity contribution >= 4 is 21.6 Å². The van der Waals surface area contributed by atoms with Crippen molar-refractivity contribution in [2.75, 3.05) is 11.9 Å². The summed E-state index contributed by atoms with van der Waals surface area (Å²) < 4.78 is 32.2. The molecule has 1 aromatic heterocycles. The largest absolute Gasteiger partial charge is 0.477 e. The molecule has 2 N–H and O–H groups in total. The molecule has 1 aliphatic heterocycles. The Morgan fingerprint density at radius 2 is 1.40 bits per heavy atom. The summed E-state index contributed by atoms with van der Waals surface area (Å²) in [6.07, 6.45) is 8.30. The Balaban J connectivity index is 1.35. The Labute approximate surface area is 281 Å². The fourth-order valence-electron chi connectivity index (χ4n) is 7.67. The van der Waals surface area contributed by atoms with Crippen LogP contribution in [0.1, 0.15) is 71.2 Å². The zero-order valence-electron chi connectivity index (χ0n) is 27.0. The molecule has 2 amide bonds. The Bertz CT molecular complexity index is 1980. The normalized spacial score (nSPS) is 17.7. The van der Waals surface area contributed by atoms with Crippen molar-refractivity contribution in [1.29, 1.82) is 0 Å². The second kappa shape index (κ2) is 12.3. The summed E-state index contributed by atoms with van der Waals surface area (Å²) >= 11 is 0. The molecular weight excluding hydrogens is 619 g/mol. The van der Waals surface area contributed by atoms with Gasteiger partial charge >= 0.3 is 6.03 Å². The summed E-state index contributed by atoms with van der Waals surface area (Å²) in [7, 11) is -3.78. The van der Waals surface area contributed by atoms with E-state index in [1.807, 2.05) is 91.0 Å². The second-order valence-electron chi connectivity index (χ2n) is 13.0. The molecule has 8 nitrogen and oxygen atoms in total.